The first-order valence-electron chi connectivity index (χ1n) is 6.73. The molecule has 0 aromatic heterocycles. The predicted octanol–water partition coefficient (Wildman–Crippen LogP) is 2.08. The minimum Gasteiger partial charge on any atom is -0.496 e. The highest BCUT2D eigenvalue weighted by Gasteiger charge is 2.18. The molecule has 0 atom stereocenters. The highest BCUT2D eigenvalue weighted by atomic mass is 35.5. The van der Waals surface area contributed by atoms with Crippen molar-refractivity contribution < 1.29 is 9.53 Å². The van der Waals surface area contributed by atoms with Crippen LogP contribution in [0.2, 0.25) is 5.02 Å². The Balaban J connectivity index is 0.00000220. The van der Waals surface area contributed by atoms with E-state index in [1.54, 1.807) is 12.1 Å². The lowest BCUT2D eigenvalue weighted by Crippen LogP contribution is -2.36. The summed E-state index contributed by atoms with van der Waals surface area (Å²) in [5.74, 6) is 0.785. The summed E-state index contributed by atoms with van der Waals surface area (Å²) in [6.45, 7) is 2.70. The van der Waals surface area contributed by atoms with Crippen molar-refractivity contribution in [2.45, 2.75) is 12.8 Å². The maximum Gasteiger partial charge on any atom is 0.255 e. The molecular weight excluding hydrogens is 313 g/mol. The Hall–Kier alpha value is -1.17. The fourth-order valence-corrected chi connectivity index (χ4v) is 2.50. The average Bonchev–Trinajstić information content (AvgIpc) is 2.48. The molecule has 2 rings (SSSR count). The molecule has 1 aromatic rings. The number of amides is 1. The Morgan fingerprint density at radius 1 is 1.48 bits per heavy atom. The van der Waals surface area contributed by atoms with Crippen molar-refractivity contribution in [2.24, 2.45) is 5.92 Å². The Morgan fingerprint density at radius 3 is 2.76 bits per heavy atom. The molecule has 0 bridgehead atoms. The maximum atomic E-state index is 12.2. The summed E-state index contributed by atoms with van der Waals surface area (Å²) in [6.07, 6.45) is 2.17. The summed E-state index contributed by atoms with van der Waals surface area (Å²) in [7, 11) is 1.51. The van der Waals surface area contributed by atoms with Crippen LogP contribution in [0, 0.1) is 5.92 Å². The van der Waals surface area contributed by atoms with E-state index in [2.05, 4.69) is 10.6 Å². The van der Waals surface area contributed by atoms with Crippen molar-refractivity contribution in [3.8, 4) is 5.75 Å². The molecule has 0 aliphatic carbocycles. The van der Waals surface area contributed by atoms with Gasteiger partial charge >= 0.3 is 0 Å². The van der Waals surface area contributed by atoms with E-state index < -0.39 is 0 Å². The van der Waals surface area contributed by atoms with Crippen LogP contribution in [0.5, 0.6) is 5.75 Å². The van der Waals surface area contributed by atoms with Gasteiger partial charge in [-0.1, -0.05) is 11.6 Å². The molecule has 1 heterocycles. The second kappa shape index (κ2) is 8.32. The van der Waals surface area contributed by atoms with Gasteiger partial charge in [0.15, 0.2) is 0 Å². The first-order valence-corrected chi connectivity index (χ1v) is 7.11. The number of nitrogens with two attached hydrogens (primary N) is 1. The average molecular weight is 334 g/mol. The normalized spacial score (nSPS) is 15.1. The van der Waals surface area contributed by atoms with Crippen molar-refractivity contribution in [2.75, 3.05) is 32.5 Å². The summed E-state index contributed by atoms with van der Waals surface area (Å²) in [5.41, 5.74) is 6.52. The molecule has 0 unspecified atom stereocenters. The molecule has 1 saturated heterocycles. The number of hydrogen-bond donors (Lipinski definition) is 3. The summed E-state index contributed by atoms with van der Waals surface area (Å²) in [5, 5.41) is 6.60. The van der Waals surface area contributed by atoms with E-state index in [9.17, 15) is 4.79 Å². The first kappa shape index (κ1) is 17.9. The van der Waals surface area contributed by atoms with Crippen LogP contribution in [0.15, 0.2) is 12.1 Å². The Morgan fingerprint density at radius 2 is 2.14 bits per heavy atom. The van der Waals surface area contributed by atoms with Crippen LogP contribution in [0.3, 0.4) is 0 Å². The fraction of sp³-hybridized carbons (Fsp3) is 0.500. The molecular formula is C14H21Cl2N3O2. The number of methoxy groups -OCH3 is 1. The molecule has 0 saturated carbocycles. The van der Waals surface area contributed by atoms with E-state index in [1.807, 2.05) is 0 Å². The quantitative estimate of drug-likeness (QED) is 0.737. The third-order valence-corrected chi connectivity index (χ3v) is 3.90. The van der Waals surface area contributed by atoms with Gasteiger partial charge in [0.25, 0.3) is 5.91 Å². The zero-order valence-corrected chi connectivity index (χ0v) is 13.5. The van der Waals surface area contributed by atoms with Gasteiger partial charge < -0.3 is 21.1 Å². The monoisotopic (exact) mass is 333 g/mol. The van der Waals surface area contributed by atoms with Gasteiger partial charge in [-0.2, -0.15) is 0 Å². The van der Waals surface area contributed by atoms with Crippen LogP contribution in [0.25, 0.3) is 0 Å². The molecule has 1 aliphatic heterocycles. The number of carbonyl (C=O) groups excluding carboxylic acids is 1. The van der Waals surface area contributed by atoms with Gasteiger partial charge in [0.05, 0.1) is 23.4 Å². The minimum atomic E-state index is -0.178. The van der Waals surface area contributed by atoms with Crippen molar-refractivity contribution in [1.82, 2.24) is 10.6 Å². The number of benzene rings is 1. The lowest BCUT2D eigenvalue weighted by Gasteiger charge is -2.23. The van der Waals surface area contributed by atoms with Crippen LogP contribution < -0.4 is 21.1 Å². The summed E-state index contributed by atoms with van der Waals surface area (Å²) < 4.78 is 5.18. The number of ether oxygens (including phenoxy) is 1. The zero-order valence-electron chi connectivity index (χ0n) is 11.9. The van der Waals surface area contributed by atoms with Gasteiger partial charge in [0.2, 0.25) is 0 Å². The maximum absolute atomic E-state index is 12.2. The van der Waals surface area contributed by atoms with E-state index >= 15 is 0 Å². The molecule has 4 N–H and O–H groups in total. The third kappa shape index (κ3) is 4.66. The number of hydrogen-bond acceptors (Lipinski definition) is 4. The van der Waals surface area contributed by atoms with Crippen LogP contribution in [-0.4, -0.2) is 32.7 Å². The number of rotatable bonds is 4. The zero-order chi connectivity index (χ0) is 14.5. The van der Waals surface area contributed by atoms with Gasteiger partial charge in [-0.3, -0.25) is 4.79 Å². The number of halogens is 2. The van der Waals surface area contributed by atoms with Gasteiger partial charge in [0.1, 0.15) is 5.75 Å². The number of piperidine rings is 1. The van der Waals surface area contributed by atoms with E-state index in [0.29, 0.717) is 34.5 Å². The highest BCUT2D eigenvalue weighted by molar-refractivity contribution is 6.33. The summed E-state index contributed by atoms with van der Waals surface area (Å²) >= 11 is 5.97. The SMILES string of the molecule is COc1cc(N)c(Cl)cc1C(=O)NCC1CCNCC1.Cl. The van der Waals surface area contributed by atoms with Crippen LogP contribution >= 0.6 is 24.0 Å². The second-order valence-electron chi connectivity index (χ2n) is 4.98. The van der Waals surface area contributed by atoms with Crippen molar-refractivity contribution in [1.29, 1.82) is 0 Å². The smallest absolute Gasteiger partial charge is 0.255 e. The Labute approximate surface area is 136 Å². The predicted molar refractivity (Wildman–Crippen MR) is 87.6 cm³/mol. The lowest BCUT2D eigenvalue weighted by atomic mass is 9.98. The number of nitrogens with one attached hydrogen (secondary N) is 2. The van der Waals surface area contributed by atoms with Crippen molar-refractivity contribution in [3.63, 3.8) is 0 Å². The summed E-state index contributed by atoms with van der Waals surface area (Å²) in [4.78, 5) is 12.2. The van der Waals surface area contributed by atoms with Crippen LogP contribution in [0.1, 0.15) is 23.2 Å². The molecule has 118 valence electrons. The molecule has 7 heteroatoms. The number of carbonyl (C=O) groups is 1. The summed E-state index contributed by atoms with van der Waals surface area (Å²) in [6, 6.07) is 3.12. The third-order valence-electron chi connectivity index (χ3n) is 3.57. The Kier molecular flexibility index (Phi) is 7.08. The van der Waals surface area contributed by atoms with Crippen molar-refractivity contribution in [3.05, 3.63) is 22.7 Å². The van der Waals surface area contributed by atoms with Gasteiger partial charge in [0, 0.05) is 12.6 Å². The van der Waals surface area contributed by atoms with Crippen LogP contribution in [-0.2, 0) is 0 Å². The van der Waals surface area contributed by atoms with Gasteiger partial charge in [-0.15, -0.1) is 12.4 Å². The molecule has 1 fully saturated rings. The van der Waals surface area contributed by atoms with Crippen molar-refractivity contribution >= 4 is 35.6 Å². The van der Waals surface area contributed by atoms with E-state index in [-0.39, 0.29) is 18.3 Å². The number of anilines is 1. The number of nitrogen functional groups attached to an aromatic ring is 1. The molecule has 1 aromatic carbocycles. The molecule has 1 aliphatic rings. The molecule has 21 heavy (non-hydrogen) atoms. The largest absolute Gasteiger partial charge is 0.496 e. The molecule has 5 nitrogen and oxygen atoms in total. The lowest BCUT2D eigenvalue weighted by molar-refractivity contribution is 0.0941. The fourth-order valence-electron chi connectivity index (χ4n) is 2.33. The standard InChI is InChI=1S/C14H20ClN3O2.ClH/c1-20-13-7-12(16)11(15)6-10(13)14(19)18-8-9-2-4-17-5-3-9;/h6-7,9,17H,2-5,8,16H2,1H3,(H,18,19);1H. The van der Waals surface area contributed by atoms with E-state index in [1.165, 1.54) is 7.11 Å². The molecule has 0 spiro atoms. The highest BCUT2D eigenvalue weighted by Crippen LogP contribution is 2.28. The minimum absolute atomic E-state index is 0. The van der Waals surface area contributed by atoms with Crippen LogP contribution in [0.4, 0.5) is 5.69 Å². The Bertz CT molecular complexity index is 491. The van der Waals surface area contributed by atoms with E-state index in [0.717, 1.165) is 25.9 Å². The topological polar surface area (TPSA) is 76.4 Å². The molecule has 1 amide bonds. The second-order valence-corrected chi connectivity index (χ2v) is 5.38. The first-order chi connectivity index (χ1) is 9.61. The molecule has 0 radical (unpaired) electrons. The van der Waals surface area contributed by atoms with E-state index in [4.69, 9.17) is 22.1 Å². The van der Waals surface area contributed by atoms with Gasteiger partial charge in [-0.25, -0.2) is 0 Å². The van der Waals surface area contributed by atoms with Gasteiger partial charge in [-0.05, 0) is 37.9 Å².